The van der Waals surface area contributed by atoms with Crippen molar-refractivity contribution in [2.75, 3.05) is 0 Å². The zero-order chi connectivity index (χ0) is 15.6. The van der Waals surface area contributed by atoms with Crippen molar-refractivity contribution in [1.82, 2.24) is 0 Å². The van der Waals surface area contributed by atoms with Crippen LogP contribution in [0.25, 0.3) is 0 Å². The van der Waals surface area contributed by atoms with E-state index in [-0.39, 0.29) is 11.0 Å². The minimum Gasteiger partial charge on any atom is -0.489 e. The lowest BCUT2D eigenvalue weighted by Crippen LogP contribution is -2.25. The molecule has 1 aliphatic carbocycles. The summed E-state index contributed by atoms with van der Waals surface area (Å²) in [4.78, 5) is 0.0620. The van der Waals surface area contributed by atoms with E-state index in [1.807, 2.05) is 13.0 Å². The van der Waals surface area contributed by atoms with E-state index in [4.69, 9.17) is 9.88 Å². The second kappa shape index (κ2) is 6.67. The molecule has 0 heterocycles. The van der Waals surface area contributed by atoms with Gasteiger partial charge in [0.25, 0.3) is 0 Å². The van der Waals surface area contributed by atoms with Crippen LogP contribution in [0.1, 0.15) is 44.6 Å². The summed E-state index contributed by atoms with van der Waals surface area (Å²) in [5.41, 5.74) is 0.783. The predicted octanol–water partition coefficient (Wildman–Crippen LogP) is 3.75. The first-order valence-electron chi connectivity index (χ1n) is 7.31. The van der Waals surface area contributed by atoms with E-state index in [1.54, 1.807) is 0 Å². The Hall–Kier alpha value is -0.590. The van der Waals surface area contributed by atoms with E-state index in [2.05, 4.69) is 22.9 Å². The number of hydrogen-bond acceptors (Lipinski definition) is 3. The topological polar surface area (TPSA) is 69.4 Å². The third-order valence-electron chi connectivity index (χ3n) is 4.17. The number of sulfonamides is 1. The zero-order valence-electron chi connectivity index (χ0n) is 12.4. The van der Waals surface area contributed by atoms with Crippen molar-refractivity contribution in [2.45, 2.75) is 57.0 Å². The minimum absolute atomic E-state index is 0.0620. The average Bonchev–Trinajstić information content (AvgIpc) is 2.41. The Morgan fingerprint density at radius 1 is 1.29 bits per heavy atom. The Balaban J connectivity index is 2.24. The number of primary sulfonamides is 1. The van der Waals surface area contributed by atoms with Crippen molar-refractivity contribution in [3.05, 3.63) is 22.2 Å². The van der Waals surface area contributed by atoms with Gasteiger partial charge in [0.2, 0.25) is 10.0 Å². The number of nitrogens with two attached hydrogens (primary N) is 1. The largest absolute Gasteiger partial charge is 0.489 e. The highest BCUT2D eigenvalue weighted by Gasteiger charge is 2.25. The normalized spacial score (nSPS) is 23.0. The zero-order valence-corrected chi connectivity index (χ0v) is 14.8. The van der Waals surface area contributed by atoms with Gasteiger partial charge in [-0.2, -0.15) is 0 Å². The summed E-state index contributed by atoms with van der Waals surface area (Å²) in [6.07, 6.45) is 5.50. The summed E-state index contributed by atoms with van der Waals surface area (Å²) in [7, 11) is -3.80. The van der Waals surface area contributed by atoms with Gasteiger partial charge in [-0.05, 0) is 56.2 Å². The Morgan fingerprint density at radius 3 is 2.43 bits per heavy atom. The van der Waals surface area contributed by atoms with Gasteiger partial charge in [0.1, 0.15) is 10.6 Å². The molecule has 0 atom stereocenters. The summed E-state index contributed by atoms with van der Waals surface area (Å²) in [5, 5.41) is 5.32. The van der Waals surface area contributed by atoms with Crippen molar-refractivity contribution < 1.29 is 13.2 Å². The SMILES string of the molecule is CCC1CCC(Oc2c(C)cc(Br)cc2S(N)(=O)=O)CC1. The van der Waals surface area contributed by atoms with Crippen LogP contribution in [0.15, 0.2) is 21.5 Å². The van der Waals surface area contributed by atoms with Gasteiger partial charge in [0, 0.05) is 4.47 Å². The van der Waals surface area contributed by atoms with Crippen LogP contribution in [-0.4, -0.2) is 14.5 Å². The molecule has 0 unspecified atom stereocenters. The van der Waals surface area contributed by atoms with E-state index < -0.39 is 10.0 Å². The lowest BCUT2D eigenvalue weighted by molar-refractivity contribution is 0.126. The standard InChI is InChI=1S/C15H22BrNO3S/c1-3-11-4-6-13(7-5-11)20-15-10(2)8-12(16)9-14(15)21(17,18)19/h8-9,11,13H,3-7H2,1-2H3,(H2,17,18,19). The van der Waals surface area contributed by atoms with Crippen LogP contribution in [0.2, 0.25) is 0 Å². The molecule has 1 aromatic rings. The van der Waals surface area contributed by atoms with Gasteiger partial charge in [-0.1, -0.05) is 29.3 Å². The number of halogens is 1. The Morgan fingerprint density at radius 2 is 1.90 bits per heavy atom. The number of benzene rings is 1. The summed E-state index contributed by atoms with van der Waals surface area (Å²) >= 11 is 3.31. The van der Waals surface area contributed by atoms with E-state index in [9.17, 15) is 8.42 Å². The molecule has 1 aromatic carbocycles. The third kappa shape index (κ3) is 4.20. The monoisotopic (exact) mass is 375 g/mol. The van der Waals surface area contributed by atoms with E-state index in [1.165, 1.54) is 12.5 Å². The Labute approximate surface area is 135 Å². The van der Waals surface area contributed by atoms with E-state index in [0.717, 1.165) is 37.2 Å². The molecular formula is C15H22BrNO3S. The van der Waals surface area contributed by atoms with Crippen molar-refractivity contribution in [1.29, 1.82) is 0 Å². The molecule has 1 saturated carbocycles. The second-order valence-electron chi connectivity index (χ2n) is 5.76. The van der Waals surface area contributed by atoms with E-state index in [0.29, 0.717) is 10.2 Å². The molecule has 1 fully saturated rings. The molecule has 6 heteroatoms. The number of aryl methyl sites for hydroxylation is 1. The number of rotatable bonds is 4. The maximum Gasteiger partial charge on any atom is 0.241 e. The van der Waals surface area contributed by atoms with Crippen LogP contribution in [-0.2, 0) is 10.0 Å². The van der Waals surface area contributed by atoms with Crippen LogP contribution in [0.4, 0.5) is 0 Å². The highest BCUT2D eigenvalue weighted by Crippen LogP contribution is 2.35. The first kappa shape index (κ1) is 16.8. The summed E-state index contributed by atoms with van der Waals surface area (Å²) in [6, 6.07) is 3.36. The van der Waals surface area contributed by atoms with Crippen molar-refractivity contribution in [3.63, 3.8) is 0 Å². The van der Waals surface area contributed by atoms with Crippen molar-refractivity contribution in [3.8, 4) is 5.75 Å². The summed E-state index contributed by atoms with van der Waals surface area (Å²) < 4.78 is 30.2. The fourth-order valence-electron chi connectivity index (χ4n) is 2.89. The summed E-state index contributed by atoms with van der Waals surface area (Å²) in [5.74, 6) is 1.18. The molecule has 0 amide bonds. The molecule has 4 nitrogen and oxygen atoms in total. The maximum atomic E-state index is 11.8. The number of ether oxygens (including phenoxy) is 1. The maximum absolute atomic E-state index is 11.8. The Kier molecular flexibility index (Phi) is 5.33. The van der Waals surface area contributed by atoms with Crippen LogP contribution in [0.5, 0.6) is 5.75 Å². The Bertz CT molecular complexity index is 608. The van der Waals surface area contributed by atoms with Crippen LogP contribution < -0.4 is 9.88 Å². The van der Waals surface area contributed by atoms with Crippen molar-refractivity contribution in [2.24, 2.45) is 11.1 Å². The van der Waals surface area contributed by atoms with Gasteiger partial charge < -0.3 is 4.74 Å². The van der Waals surface area contributed by atoms with Gasteiger partial charge in [-0.15, -0.1) is 0 Å². The first-order chi connectivity index (χ1) is 9.81. The number of hydrogen-bond donors (Lipinski definition) is 1. The average molecular weight is 376 g/mol. The molecule has 2 rings (SSSR count). The molecule has 0 spiro atoms. The molecule has 0 saturated heterocycles. The molecule has 21 heavy (non-hydrogen) atoms. The fraction of sp³-hybridized carbons (Fsp3) is 0.600. The molecule has 1 aliphatic rings. The highest BCUT2D eigenvalue weighted by molar-refractivity contribution is 9.10. The van der Waals surface area contributed by atoms with Crippen LogP contribution in [0, 0.1) is 12.8 Å². The minimum atomic E-state index is -3.80. The summed E-state index contributed by atoms with van der Waals surface area (Å²) in [6.45, 7) is 4.05. The van der Waals surface area contributed by atoms with Gasteiger partial charge in [-0.25, -0.2) is 13.6 Å². The first-order valence-corrected chi connectivity index (χ1v) is 9.64. The quantitative estimate of drug-likeness (QED) is 0.870. The van der Waals surface area contributed by atoms with Gasteiger partial charge >= 0.3 is 0 Å². The lowest BCUT2D eigenvalue weighted by Gasteiger charge is -2.29. The van der Waals surface area contributed by atoms with Crippen LogP contribution >= 0.6 is 15.9 Å². The molecule has 0 radical (unpaired) electrons. The molecule has 118 valence electrons. The second-order valence-corrected chi connectivity index (χ2v) is 8.21. The fourth-order valence-corrected chi connectivity index (χ4v) is 4.37. The van der Waals surface area contributed by atoms with Gasteiger partial charge in [0.05, 0.1) is 6.10 Å². The van der Waals surface area contributed by atoms with Gasteiger partial charge in [-0.3, -0.25) is 0 Å². The van der Waals surface area contributed by atoms with E-state index >= 15 is 0 Å². The molecular weight excluding hydrogens is 354 g/mol. The predicted molar refractivity (Wildman–Crippen MR) is 86.9 cm³/mol. The molecule has 0 aliphatic heterocycles. The lowest BCUT2D eigenvalue weighted by atomic mass is 9.86. The molecule has 0 aromatic heterocycles. The van der Waals surface area contributed by atoms with Crippen LogP contribution in [0.3, 0.4) is 0 Å². The highest BCUT2D eigenvalue weighted by atomic mass is 79.9. The molecule has 2 N–H and O–H groups in total. The third-order valence-corrected chi connectivity index (χ3v) is 5.54. The van der Waals surface area contributed by atoms with Crippen molar-refractivity contribution >= 4 is 26.0 Å². The van der Waals surface area contributed by atoms with Gasteiger partial charge in [0.15, 0.2) is 0 Å². The smallest absolute Gasteiger partial charge is 0.241 e. The molecule has 0 bridgehead atoms.